The van der Waals surface area contributed by atoms with Gasteiger partial charge >= 0.3 is 12.0 Å². The highest BCUT2D eigenvalue weighted by molar-refractivity contribution is 5.75. The number of carboxylic acid groups (broad SMARTS) is 1. The van der Waals surface area contributed by atoms with Gasteiger partial charge in [-0.05, 0) is 7.05 Å². The Morgan fingerprint density at radius 2 is 2.07 bits per heavy atom. The van der Waals surface area contributed by atoms with Crippen LogP contribution in [0, 0.1) is 5.92 Å². The monoisotopic (exact) mass is 217 g/mol. The third-order valence-electron chi connectivity index (χ3n) is 2.02. The van der Waals surface area contributed by atoms with Crippen molar-refractivity contribution >= 4 is 12.0 Å². The van der Waals surface area contributed by atoms with E-state index >= 15 is 0 Å². The summed E-state index contributed by atoms with van der Waals surface area (Å²) in [4.78, 5) is 23.4. The molecule has 0 spiro atoms. The summed E-state index contributed by atoms with van der Waals surface area (Å²) >= 11 is 0. The van der Waals surface area contributed by atoms with Crippen molar-refractivity contribution in [2.75, 3.05) is 33.7 Å². The van der Waals surface area contributed by atoms with E-state index in [0.29, 0.717) is 13.1 Å². The molecule has 2 amide bonds. The average molecular weight is 217 g/mol. The molecule has 0 aromatic carbocycles. The molecule has 6 nitrogen and oxygen atoms in total. The minimum atomic E-state index is -0.909. The predicted molar refractivity (Wildman–Crippen MR) is 56.8 cm³/mol. The second-order valence-corrected chi connectivity index (χ2v) is 3.45. The summed E-state index contributed by atoms with van der Waals surface area (Å²) in [5.41, 5.74) is 0. The number of carboxylic acids is 1. The molecule has 1 unspecified atom stereocenters. The van der Waals surface area contributed by atoms with Gasteiger partial charge in [0.2, 0.25) is 0 Å². The Kier molecular flexibility index (Phi) is 6.44. The third-order valence-corrected chi connectivity index (χ3v) is 2.02. The normalized spacial score (nSPS) is 11.9. The first-order chi connectivity index (χ1) is 6.99. The van der Waals surface area contributed by atoms with Gasteiger partial charge in [0, 0.05) is 26.7 Å². The quantitative estimate of drug-likeness (QED) is 0.564. The Hall–Kier alpha value is -1.30. The number of hydrogen-bond acceptors (Lipinski definition) is 3. The van der Waals surface area contributed by atoms with Crippen LogP contribution in [-0.2, 0) is 4.79 Å². The van der Waals surface area contributed by atoms with Crippen LogP contribution >= 0.6 is 0 Å². The maximum absolute atomic E-state index is 11.4. The largest absolute Gasteiger partial charge is 0.481 e. The van der Waals surface area contributed by atoms with E-state index in [1.54, 1.807) is 21.0 Å². The van der Waals surface area contributed by atoms with E-state index in [9.17, 15) is 9.59 Å². The fourth-order valence-electron chi connectivity index (χ4n) is 0.844. The molecule has 0 saturated heterocycles. The number of likely N-dealkylation sites (N-methyl/N-ethyl adjacent to an activating group) is 2. The van der Waals surface area contributed by atoms with Crippen molar-refractivity contribution in [1.82, 2.24) is 15.5 Å². The van der Waals surface area contributed by atoms with Gasteiger partial charge in [-0.3, -0.25) is 4.79 Å². The van der Waals surface area contributed by atoms with E-state index in [0.717, 1.165) is 0 Å². The Bertz CT molecular complexity index is 221. The molecule has 0 aromatic rings. The van der Waals surface area contributed by atoms with Crippen molar-refractivity contribution in [3.63, 3.8) is 0 Å². The van der Waals surface area contributed by atoms with E-state index in [4.69, 9.17) is 5.11 Å². The predicted octanol–water partition coefficient (Wildman–Crippen LogP) is -0.432. The fourth-order valence-corrected chi connectivity index (χ4v) is 0.844. The number of rotatable bonds is 6. The number of carbonyl (C=O) groups is 2. The number of aliphatic carboxylic acids is 1. The lowest BCUT2D eigenvalue weighted by Crippen LogP contribution is -2.42. The Morgan fingerprint density at radius 3 is 2.53 bits per heavy atom. The van der Waals surface area contributed by atoms with Crippen LogP contribution in [0.2, 0.25) is 0 Å². The molecule has 0 bridgehead atoms. The molecule has 0 heterocycles. The van der Waals surface area contributed by atoms with Crippen LogP contribution in [-0.4, -0.2) is 55.7 Å². The maximum atomic E-state index is 11.4. The number of nitrogens with one attached hydrogen (secondary N) is 2. The highest BCUT2D eigenvalue weighted by Gasteiger charge is 2.13. The first kappa shape index (κ1) is 13.7. The second-order valence-electron chi connectivity index (χ2n) is 3.45. The topological polar surface area (TPSA) is 81.7 Å². The molecule has 0 rings (SSSR count). The molecule has 0 aliphatic heterocycles. The molecule has 3 N–H and O–H groups in total. The lowest BCUT2D eigenvalue weighted by Gasteiger charge is -2.18. The molecule has 0 aliphatic rings. The zero-order valence-corrected chi connectivity index (χ0v) is 9.41. The van der Waals surface area contributed by atoms with Gasteiger partial charge in [-0.1, -0.05) is 6.92 Å². The lowest BCUT2D eigenvalue weighted by molar-refractivity contribution is -0.140. The van der Waals surface area contributed by atoms with Crippen molar-refractivity contribution in [3.05, 3.63) is 0 Å². The van der Waals surface area contributed by atoms with Crippen molar-refractivity contribution < 1.29 is 14.7 Å². The number of carbonyl (C=O) groups excluding carboxylic acids is 1. The second kappa shape index (κ2) is 7.05. The number of amides is 2. The molecule has 0 fully saturated rings. The van der Waals surface area contributed by atoms with Crippen LogP contribution < -0.4 is 10.6 Å². The molecule has 0 radical (unpaired) electrons. The summed E-state index contributed by atoms with van der Waals surface area (Å²) in [7, 11) is 3.47. The first-order valence-electron chi connectivity index (χ1n) is 4.85. The van der Waals surface area contributed by atoms with E-state index in [1.807, 2.05) is 0 Å². The SMILES string of the molecule is CNCCN(C)C(=O)NCC(C)C(=O)O. The van der Waals surface area contributed by atoms with Crippen LogP contribution in [0.4, 0.5) is 4.79 Å². The van der Waals surface area contributed by atoms with E-state index < -0.39 is 11.9 Å². The summed E-state index contributed by atoms with van der Waals surface area (Å²) in [6.07, 6.45) is 0. The standard InChI is InChI=1S/C9H19N3O3/c1-7(8(13)14)6-11-9(15)12(3)5-4-10-2/h7,10H,4-6H2,1-3H3,(H,11,15)(H,13,14). The molecule has 0 saturated carbocycles. The average Bonchev–Trinajstić information content (AvgIpc) is 2.21. The van der Waals surface area contributed by atoms with Crippen LogP contribution in [0.25, 0.3) is 0 Å². The molecule has 88 valence electrons. The molecule has 0 aliphatic carbocycles. The zero-order valence-electron chi connectivity index (χ0n) is 9.41. The van der Waals surface area contributed by atoms with Gasteiger partial charge in [0.15, 0.2) is 0 Å². The summed E-state index contributed by atoms with van der Waals surface area (Å²) < 4.78 is 0. The number of hydrogen-bond donors (Lipinski definition) is 3. The van der Waals surface area contributed by atoms with Crippen molar-refractivity contribution in [3.8, 4) is 0 Å². The van der Waals surface area contributed by atoms with Crippen LogP contribution in [0.15, 0.2) is 0 Å². The Balaban J connectivity index is 3.77. The maximum Gasteiger partial charge on any atom is 0.317 e. The Labute approximate surface area is 89.6 Å². The van der Waals surface area contributed by atoms with Gasteiger partial charge in [-0.2, -0.15) is 0 Å². The van der Waals surface area contributed by atoms with Crippen molar-refractivity contribution in [2.24, 2.45) is 5.92 Å². The van der Waals surface area contributed by atoms with Crippen molar-refractivity contribution in [1.29, 1.82) is 0 Å². The zero-order chi connectivity index (χ0) is 11.8. The van der Waals surface area contributed by atoms with Crippen LogP contribution in [0.1, 0.15) is 6.92 Å². The van der Waals surface area contributed by atoms with Crippen molar-refractivity contribution in [2.45, 2.75) is 6.92 Å². The van der Waals surface area contributed by atoms with Crippen LogP contribution in [0.5, 0.6) is 0 Å². The first-order valence-corrected chi connectivity index (χ1v) is 4.85. The summed E-state index contributed by atoms with van der Waals surface area (Å²) in [6.45, 7) is 3.00. The molecule has 6 heteroatoms. The van der Waals surface area contributed by atoms with Gasteiger partial charge in [0.1, 0.15) is 0 Å². The summed E-state index contributed by atoms with van der Waals surface area (Å²) in [5.74, 6) is -1.47. The van der Waals surface area contributed by atoms with E-state index in [-0.39, 0.29) is 12.6 Å². The molecule has 15 heavy (non-hydrogen) atoms. The molecule has 1 atom stereocenters. The van der Waals surface area contributed by atoms with E-state index in [2.05, 4.69) is 10.6 Å². The van der Waals surface area contributed by atoms with Gasteiger partial charge in [-0.15, -0.1) is 0 Å². The molecular weight excluding hydrogens is 198 g/mol. The van der Waals surface area contributed by atoms with Gasteiger partial charge < -0.3 is 20.6 Å². The highest BCUT2D eigenvalue weighted by Crippen LogP contribution is 1.92. The number of urea groups is 1. The molecular formula is C9H19N3O3. The minimum absolute atomic E-state index is 0.151. The smallest absolute Gasteiger partial charge is 0.317 e. The molecule has 0 aromatic heterocycles. The van der Waals surface area contributed by atoms with Crippen LogP contribution in [0.3, 0.4) is 0 Å². The Morgan fingerprint density at radius 1 is 1.47 bits per heavy atom. The minimum Gasteiger partial charge on any atom is -0.481 e. The number of nitrogens with zero attached hydrogens (tertiary/aromatic N) is 1. The third kappa shape index (κ3) is 5.90. The summed E-state index contributed by atoms with van der Waals surface area (Å²) in [6, 6.07) is -0.252. The van der Waals surface area contributed by atoms with Gasteiger partial charge in [0.25, 0.3) is 0 Å². The fraction of sp³-hybridized carbons (Fsp3) is 0.778. The van der Waals surface area contributed by atoms with Gasteiger partial charge in [-0.25, -0.2) is 4.79 Å². The van der Waals surface area contributed by atoms with Gasteiger partial charge in [0.05, 0.1) is 5.92 Å². The summed E-state index contributed by atoms with van der Waals surface area (Å²) in [5, 5.41) is 14.1. The highest BCUT2D eigenvalue weighted by atomic mass is 16.4. The lowest BCUT2D eigenvalue weighted by atomic mass is 10.2. The van der Waals surface area contributed by atoms with E-state index in [1.165, 1.54) is 4.90 Å².